The van der Waals surface area contributed by atoms with E-state index < -0.39 is 0 Å². The van der Waals surface area contributed by atoms with E-state index >= 15 is 0 Å². The Kier molecular flexibility index (Phi) is 3.78. The van der Waals surface area contributed by atoms with Crippen molar-refractivity contribution in [2.24, 2.45) is 7.05 Å². The lowest BCUT2D eigenvalue weighted by molar-refractivity contribution is -0.123. The molecule has 2 heterocycles. The maximum Gasteiger partial charge on any atom is 0.250 e. The van der Waals surface area contributed by atoms with Crippen molar-refractivity contribution >= 4 is 11.6 Å². The van der Waals surface area contributed by atoms with Gasteiger partial charge in [0.15, 0.2) is 0 Å². The molecule has 1 aliphatic heterocycles. The Balaban J connectivity index is 2.06. The number of morpholine rings is 1. The lowest BCUT2D eigenvalue weighted by Crippen LogP contribution is -2.53. The van der Waals surface area contributed by atoms with E-state index in [0.29, 0.717) is 18.8 Å². The van der Waals surface area contributed by atoms with Gasteiger partial charge in [0.25, 0.3) is 0 Å². The highest BCUT2D eigenvalue weighted by molar-refractivity contribution is 5.95. The van der Waals surface area contributed by atoms with Crippen LogP contribution in [0.1, 0.15) is 6.92 Å². The molecule has 1 amide bonds. The normalized spacial score (nSPS) is 23.7. The Morgan fingerprint density at radius 3 is 3.00 bits per heavy atom. The number of anilines is 1. The van der Waals surface area contributed by atoms with Crippen LogP contribution in [0.3, 0.4) is 0 Å². The van der Waals surface area contributed by atoms with Crippen molar-refractivity contribution in [2.75, 3.05) is 18.5 Å². The molecule has 1 saturated heterocycles. The molecule has 6 heteroatoms. The van der Waals surface area contributed by atoms with E-state index in [9.17, 15) is 9.59 Å². The number of rotatable bonds is 2. The summed E-state index contributed by atoms with van der Waals surface area (Å²) in [6, 6.07) is 2.65. The van der Waals surface area contributed by atoms with Gasteiger partial charge in [-0.1, -0.05) is 0 Å². The summed E-state index contributed by atoms with van der Waals surface area (Å²) in [5.74, 6) is -0.152. The highest BCUT2D eigenvalue weighted by Crippen LogP contribution is 2.08. The Labute approximate surface area is 105 Å². The van der Waals surface area contributed by atoms with Gasteiger partial charge in [-0.25, -0.2) is 0 Å². The summed E-state index contributed by atoms with van der Waals surface area (Å²) in [5.41, 5.74) is 0.488. The Hall–Kier alpha value is -1.66. The molecule has 2 N–H and O–H groups in total. The first kappa shape index (κ1) is 12.8. The number of aryl methyl sites for hydroxylation is 1. The Morgan fingerprint density at radius 1 is 1.56 bits per heavy atom. The zero-order chi connectivity index (χ0) is 13.1. The third-order valence-corrected chi connectivity index (χ3v) is 2.95. The molecule has 0 spiro atoms. The van der Waals surface area contributed by atoms with Crippen LogP contribution in [-0.4, -0.2) is 35.8 Å². The van der Waals surface area contributed by atoms with Gasteiger partial charge < -0.3 is 19.9 Å². The smallest absolute Gasteiger partial charge is 0.250 e. The Morgan fingerprint density at radius 2 is 2.33 bits per heavy atom. The van der Waals surface area contributed by atoms with Gasteiger partial charge in [0.2, 0.25) is 11.5 Å². The minimum Gasteiger partial charge on any atom is -0.375 e. The number of nitrogens with one attached hydrogen (secondary N) is 2. The van der Waals surface area contributed by atoms with Gasteiger partial charge in [-0.3, -0.25) is 9.59 Å². The van der Waals surface area contributed by atoms with Gasteiger partial charge >= 0.3 is 0 Å². The van der Waals surface area contributed by atoms with Crippen LogP contribution in [0, 0.1) is 0 Å². The molecule has 2 atom stereocenters. The average molecular weight is 251 g/mol. The lowest BCUT2D eigenvalue weighted by atomic mass is 10.1. The zero-order valence-electron chi connectivity index (χ0n) is 10.5. The van der Waals surface area contributed by atoms with Crippen molar-refractivity contribution < 1.29 is 9.53 Å². The molecule has 0 radical (unpaired) electrons. The molecule has 0 aromatic carbocycles. The van der Waals surface area contributed by atoms with E-state index in [2.05, 4.69) is 10.6 Å². The summed E-state index contributed by atoms with van der Waals surface area (Å²) in [7, 11) is 1.64. The highest BCUT2D eigenvalue weighted by atomic mass is 16.5. The maximum atomic E-state index is 12.0. The molecular formula is C12H17N3O3. The van der Waals surface area contributed by atoms with Gasteiger partial charge in [-0.15, -0.1) is 0 Å². The summed E-state index contributed by atoms with van der Waals surface area (Å²) >= 11 is 0. The second-order valence-corrected chi connectivity index (χ2v) is 4.36. The number of amides is 1. The van der Waals surface area contributed by atoms with E-state index in [1.807, 2.05) is 6.92 Å². The van der Waals surface area contributed by atoms with E-state index in [1.165, 1.54) is 10.6 Å². The van der Waals surface area contributed by atoms with Crippen LogP contribution < -0.4 is 16.2 Å². The molecule has 0 unspecified atom stereocenters. The first-order chi connectivity index (χ1) is 8.58. The largest absolute Gasteiger partial charge is 0.375 e. The molecule has 0 bridgehead atoms. The number of carbonyl (C=O) groups excluding carboxylic acids is 1. The molecule has 6 nitrogen and oxygen atoms in total. The van der Waals surface area contributed by atoms with Crippen molar-refractivity contribution in [1.82, 2.24) is 9.88 Å². The fourth-order valence-corrected chi connectivity index (χ4v) is 1.92. The maximum absolute atomic E-state index is 12.0. The molecule has 1 aromatic rings. The molecule has 0 aliphatic carbocycles. The Bertz CT molecular complexity index is 498. The van der Waals surface area contributed by atoms with E-state index in [0.717, 1.165) is 0 Å². The van der Waals surface area contributed by atoms with Crippen LogP contribution in [0.15, 0.2) is 23.1 Å². The molecule has 1 fully saturated rings. The molecule has 1 aliphatic rings. The van der Waals surface area contributed by atoms with Crippen molar-refractivity contribution in [2.45, 2.75) is 19.1 Å². The summed E-state index contributed by atoms with van der Waals surface area (Å²) in [6.07, 6.45) is 1.43. The summed E-state index contributed by atoms with van der Waals surface area (Å²) in [6.45, 7) is 3.14. The highest BCUT2D eigenvalue weighted by Gasteiger charge is 2.28. The second-order valence-electron chi connectivity index (χ2n) is 4.36. The number of pyridine rings is 1. The van der Waals surface area contributed by atoms with Crippen molar-refractivity contribution in [3.63, 3.8) is 0 Å². The first-order valence-electron chi connectivity index (χ1n) is 5.90. The first-order valence-corrected chi connectivity index (χ1v) is 5.90. The topological polar surface area (TPSA) is 72.4 Å². The van der Waals surface area contributed by atoms with Crippen LogP contribution >= 0.6 is 0 Å². The van der Waals surface area contributed by atoms with Gasteiger partial charge in [-0.2, -0.15) is 0 Å². The number of nitrogens with zero attached hydrogens (tertiary/aromatic N) is 1. The van der Waals surface area contributed by atoms with Gasteiger partial charge in [0.1, 0.15) is 6.04 Å². The van der Waals surface area contributed by atoms with E-state index in [1.54, 1.807) is 19.3 Å². The molecule has 1 aromatic heterocycles. The number of carbonyl (C=O) groups is 1. The SMILES string of the molecule is C[C@H]1OCCN[C@@H]1C(=O)Nc1ccc(=O)n(C)c1. The standard InChI is InChI=1S/C12H17N3O3/c1-8-11(13-5-6-18-8)12(17)14-9-3-4-10(16)15(2)7-9/h3-4,7-8,11,13H,5-6H2,1-2H3,(H,14,17)/t8-,11+/m1/s1. The second kappa shape index (κ2) is 5.32. The molecular weight excluding hydrogens is 234 g/mol. The fourth-order valence-electron chi connectivity index (χ4n) is 1.92. The third-order valence-electron chi connectivity index (χ3n) is 2.95. The average Bonchev–Trinajstić information content (AvgIpc) is 2.34. The van der Waals surface area contributed by atoms with E-state index in [4.69, 9.17) is 4.74 Å². The van der Waals surface area contributed by atoms with E-state index in [-0.39, 0.29) is 23.6 Å². The molecule has 98 valence electrons. The van der Waals surface area contributed by atoms with Crippen LogP contribution in [0.2, 0.25) is 0 Å². The van der Waals surface area contributed by atoms with Crippen molar-refractivity contribution in [3.8, 4) is 0 Å². The summed E-state index contributed by atoms with van der Waals surface area (Å²) in [4.78, 5) is 23.3. The number of hydrogen-bond donors (Lipinski definition) is 2. The minimum atomic E-state index is -0.365. The summed E-state index contributed by atoms with van der Waals surface area (Å²) < 4.78 is 6.83. The molecule has 2 rings (SSSR count). The van der Waals surface area contributed by atoms with Gasteiger partial charge in [0, 0.05) is 25.9 Å². The number of ether oxygens (including phenoxy) is 1. The molecule has 18 heavy (non-hydrogen) atoms. The predicted molar refractivity (Wildman–Crippen MR) is 67.5 cm³/mol. The summed E-state index contributed by atoms with van der Waals surface area (Å²) in [5, 5.41) is 5.88. The van der Waals surface area contributed by atoms with Crippen LogP contribution in [0.4, 0.5) is 5.69 Å². The van der Waals surface area contributed by atoms with Gasteiger partial charge in [-0.05, 0) is 13.0 Å². The van der Waals surface area contributed by atoms with Crippen LogP contribution in [0.25, 0.3) is 0 Å². The number of hydrogen-bond acceptors (Lipinski definition) is 4. The zero-order valence-corrected chi connectivity index (χ0v) is 10.5. The predicted octanol–water partition coefficient (Wildman–Crippen LogP) is -0.299. The van der Waals surface area contributed by atoms with Crippen molar-refractivity contribution in [3.05, 3.63) is 28.7 Å². The van der Waals surface area contributed by atoms with Crippen molar-refractivity contribution in [1.29, 1.82) is 0 Å². The monoisotopic (exact) mass is 251 g/mol. The third kappa shape index (κ3) is 2.77. The quantitative estimate of drug-likeness (QED) is 0.757. The number of aromatic nitrogens is 1. The van der Waals surface area contributed by atoms with Crippen LogP contribution in [0.5, 0.6) is 0 Å². The van der Waals surface area contributed by atoms with Gasteiger partial charge in [0.05, 0.1) is 18.4 Å². The van der Waals surface area contributed by atoms with Crippen LogP contribution in [-0.2, 0) is 16.6 Å². The molecule has 0 saturated carbocycles. The fraction of sp³-hybridized carbons (Fsp3) is 0.500. The lowest BCUT2D eigenvalue weighted by Gasteiger charge is -2.29. The minimum absolute atomic E-state index is 0.111.